The van der Waals surface area contributed by atoms with Gasteiger partial charge in [-0.2, -0.15) is 0 Å². The minimum absolute atomic E-state index is 0.0534. The summed E-state index contributed by atoms with van der Waals surface area (Å²) in [6, 6.07) is 0. The molecule has 0 aromatic rings. The molecule has 4 heteroatoms. The van der Waals surface area contributed by atoms with Crippen LogP contribution in [-0.2, 0) is 9.59 Å². The molecule has 0 aromatic heterocycles. The van der Waals surface area contributed by atoms with Crippen molar-refractivity contribution in [2.75, 3.05) is 34.2 Å². The molecule has 2 rings (SSSR count). The van der Waals surface area contributed by atoms with Gasteiger partial charge >= 0.3 is 0 Å². The molecule has 0 radical (unpaired) electrons. The van der Waals surface area contributed by atoms with Crippen LogP contribution in [0.15, 0.2) is 11.6 Å². The molecule has 1 aliphatic heterocycles. The lowest BCUT2D eigenvalue weighted by Crippen LogP contribution is -2.39. The van der Waals surface area contributed by atoms with Crippen molar-refractivity contribution in [2.24, 2.45) is 17.8 Å². The predicted octanol–water partition coefficient (Wildman–Crippen LogP) is 1.67. The van der Waals surface area contributed by atoms with Crippen molar-refractivity contribution in [1.82, 2.24) is 4.90 Å². The van der Waals surface area contributed by atoms with Crippen molar-refractivity contribution in [2.45, 2.75) is 26.7 Å². The highest BCUT2D eigenvalue weighted by Crippen LogP contribution is 2.40. The second-order valence-corrected chi connectivity index (χ2v) is 7.40. The Labute approximate surface area is 122 Å². The zero-order valence-electron chi connectivity index (χ0n) is 13.3. The smallest absolute Gasteiger partial charge is 0.233 e. The van der Waals surface area contributed by atoms with E-state index in [1.807, 2.05) is 0 Å². The summed E-state index contributed by atoms with van der Waals surface area (Å²) in [7, 11) is 6.38. The standard InChI is InChI=1S/C16H27N2O2/c1-11-9-12(2)14-13(10-11)15(19)17(16(14)20)7-6-8-18(3,4)5/h9,12-14H,6-8,10H2,1-5H3/q+1/t12-,13+,14-/m1/s1. The Morgan fingerprint density at radius 2 is 1.90 bits per heavy atom. The van der Waals surface area contributed by atoms with E-state index in [0.717, 1.165) is 23.9 Å². The molecular formula is C16H27N2O2+. The molecule has 0 bridgehead atoms. The van der Waals surface area contributed by atoms with Gasteiger partial charge in [0.2, 0.25) is 11.8 Å². The monoisotopic (exact) mass is 279 g/mol. The van der Waals surface area contributed by atoms with Crippen molar-refractivity contribution >= 4 is 11.8 Å². The third kappa shape index (κ3) is 2.95. The third-order valence-electron chi connectivity index (χ3n) is 4.43. The van der Waals surface area contributed by atoms with Gasteiger partial charge in [0, 0.05) is 13.0 Å². The number of carbonyl (C=O) groups is 2. The topological polar surface area (TPSA) is 37.4 Å². The first-order valence-corrected chi connectivity index (χ1v) is 7.53. The quantitative estimate of drug-likeness (QED) is 0.446. The number of hydrogen-bond donors (Lipinski definition) is 0. The molecule has 2 aliphatic rings. The maximum Gasteiger partial charge on any atom is 0.233 e. The number of nitrogens with zero attached hydrogens (tertiary/aromatic N) is 2. The van der Waals surface area contributed by atoms with E-state index in [1.54, 1.807) is 0 Å². The van der Waals surface area contributed by atoms with Gasteiger partial charge in [-0.05, 0) is 19.3 Å². The van der Waals surface area contributed by atoms with Crippen LogP contribution in [0, 0.1) is 17.8 Å². The van der Waals surface area contributed by atoms with E-state index in [9.17, 15) is 9.59 Å². The Bertz CT molecular complexity index is 448. The van der Waals surface area contributed by atoms with E-state index in [0.29, 0.717) is 6.54 Å². The molecule has 0 unspecified atom stereocenters. The zero-order valence-corrected chi connectivity index (χ0v) is 13.3. The van der Waals surface area contributed by atoms with Crippen molar-refractivity contribution < 1.29 is 14.1 Å². The molecule has 2 amide bonds. The van der Waals surface area contributed by atoms with Gasteiger partial charge in [-0.15, -0.1) is 0 Å². The van der Waals surface area contributed by atoms with Crippen molar-refractivity contribution in [3.05, 3.63) is 11.6 Å². The van der Waals surface area contributed by atoms with Gasteiger partial charge in [-0.25, -0.2) is 0 Å². The molecule has 0 aromatic carbocycles. The molecule has 0 N–H and O–H groups in total. The number of amides is 2. The molecule has 1 heterocycles. The normalized spacial score (nSPS) is 30.6. The van der Waals surface area contributed by atoms with Gasteiger partial charge in [0.1, 0.15) is 0 Å². The van der Waals surface area contributed by atoms with Gasteiger partial charge in [0.15, 0.2) is 0 Å². The highest BCUT2D eigenvalue weighted by atomic mass is 16.2. The fourth-order valence-corrected chi connectivity index (χ4v) is 3.51. The molecule has 1 aliphatic carbocycles. The minimum Gasteiger partial charge on any atom is -0.331 e. The fourth-order valence-electron chi connectivity index (χ4n) is 3.51. The number of allylic oxidation sites excluding steroid dienone is 2. The minimum atomic E-state index is -0.115. The first-order valence-electron chi connectivity index (χ1n) is 7.53. The number of quaternary nitrogens is 1. The van der Waals surface area contributed by atoms with Crippen LogP contribution in [0.1, 0.15) is 26.7 Å². The van der Waals surface area contributed by atoms with E-state index in [4.69, 9.17) is 0 Å². The summed E-state index contributed by atoms with van der Waals surface area (Å²) in [6.45, 7) is 5.66. The number of carbonyl (C=O) groups excluding carboxylic acids is 2. The average Bonchev–Trinajstić information content (AvgIpc) is 2.52. The van der Waals surface area contributed by atoms with Crippen LogP contribution in [0.4, 0.5) is 0 Å². The molecule has 0 saturated carbocycles. The van der Waals surface area contributed by atoms with E-state index in [1.165, 1.54) is 10.5 Å². The van der Waals surface area contributed by atoms with Gasteiger partial charge in [0.05, 0.1) is 39.5 Å². The molecular weight excluding hydrogens is 252 g/mol. The summed E-state index contributed by atoms with van der Waals surface area (Å²) in [5.41, 5.74) is 1.24. The number of fused-ring (bicyclic) bond motifs is 1. The molecule has 1 fully saturated rings. The highest BCUT2D eigenvalue weighted by Gasteiger charge is 2.50. The number of hydrogen-bond acceptors (Lipinski definition) is 2. The molecule has 0 spiro atoms. The molecule has 20 heavy (non-hydrogen) atoms. The van der Waals surface area contributed by atoms with Crippen molar-refractivity contribution in [3.8, 4) is 0 Å². The van der Waals surface area contributed by atoms with Gasteiger partial charge < -0.3 is 4.48 Å². The Hall–Kier alpha value is -1.16. The zero-order chi connectivity index (χ0) is 15.1. The first-order chi connectivity index (χ1) is 9.20. The first kappa shape index (κ1) is 15.2. The molecule has 3 atom stereocenters. The van der Waals surface area contributed by atoms with Crippen LogP contribution in [0.25, 0.3) is 0 Å². The van der Waals surface area contributed by atoms with Crippen LogP contribution >= 0.6 is 0 Å². The van der Waals surface area contributed by atoms with Crippen LogP contribution in [0.2, 0.25) is 0 Å². The van der Waals surface area contributed by atoms with Crippen LogP contribution in [0.3, 0.4) is 0 Å². The summed E-state index contributed by atoms with van der Waals surface area (Å²) in [4.78, 5) is 26.5. The van der Waals surface area contributed by atoms with E-state index < -0.39 is 0 Å². The fraction of sp³-hybridized carbons (Fsp3) is 0.750. The molecule has 1 saturated heterocycles. The highest BCUT2D eigenvalue weighted by molar-refractivity contribution is 6.05. The Kier molecular flexibility index (Phi) is 4.05. The maximum absolute atomic E-state index is 12.5. The number of likely N-dealkylation sites (tertiary alicyclic amines) is 1. The second-order valence-electron chi connectivity index (χ2n) is 7.40. The van der Waals surface area contributed by atoms with E-state index >= 15 is 0 Å². The van der Waals surface area contributed by atoms with Crippen LogP contribution in [0.5, 0.6) is 0 Å². The molecule has 112 valence electrons. The Morgan fingerprint density at radius 1 is 1.25 bits per heavy atom. The largest absolute Gasteiger partial charge is 0.331 e. The summed E-state index contributed by atoms with van der Waals surface area (Å²) in [5, 5.41) is 0. The SMILES string of the molecule is CC1=C[C@@H](C)[C@H]2C(=O)N(CCC[N+](C)(C)C)C(=O)[C@H]2C1. The number of rotatable bonds is 4. The maximum atomic E-state index is 12.5. The van der Waals surface area contributed by atoms with Crippen LogP contribution in [-0.4, -0.2) is 55.4 Å². The Balaban J connectivity index is 2.04. The van der Waals surface area contributed by atoms with Gasteiger partial charge in [-0.3, -0.25) is 14.5 Å². The van der Waals surface area contributed by atoms with E-state index in [2.05, 4.69) is 41.1 Å². The molecule has 4 nitrogen and oxygen atoms in total. The van der Waals surface area contributed by atoms with Crippen molar-refractivity contribution in [1.29, 1.82) is 0 Å². The lowest BCUT2D eigenvalue weighted by Gasteiger charge is -2.25. The van der Waals surface area contributed by atoms with Crippen LogP contribution < -0.4 is 0 Å². The lowest BCUT2D eigenvalue weighted by molar-refractivity contribution is -0.870. The summed E-state index contributed by atoms with van der Waals surface area (Å²) in [5.74, 6) is 0.0777. The number of imide groups is 1. The average molecular weight is 279 g/mol. The van der Waals surface area contributed by atoms with E-state index in [-0.39, 0.29) is 29.6 Å². The predicted molar refractivity (Wildman–Crippen MR) is 78.8 cm³/mol. The summed E-state index contributed by atoms with van der Waals surface area (Å²) >= 11 is 0. The summed E-state index contributed by atoms with van der Waals surface area (Å²) < 4.78 is 0.861. The third-order valence-corrected chi connectivity index (χ3v) is 4.43. The van der Waals surface area contributed by atoms with Gasteiger partial charge in [-0.1, -0.05) is 18.6 Å². The van der Waals surface area contributed by atoms with Crippen molar-refractivity contribution in [3.63, 3.8) is 0 Å². The summed E-state index contributed by atoms with van der Waals surface area (Å²) in [6.07, 6.45) is 3.79. The second kappa shape index (κ2) is 5.32. The van der Waals surface area contributed by atoms with Gasteiger partial charge in [0.25, 0.3) is 0 Å². The lowest BCUT2D eigenvalue weighted by atomic mass is 9.76. The Morgan fingerprint density at radius 3 is 2.50 bits per heavy atom.